The highest BCUT2D eigenvalue weighted by Gasteiger charge is 2.34. The van der Waals surface area contributed by atoms with Gasteiger partial charge in [0.05, 0.1) is 0 Å². The van der Waals surface area contributed by atoms with Gasteiger partial charge in [-0.3, -0.25) is 0 Å². The van der Waals surface area contributed by atoms with Gasteiger partial charge in [-0.25, -0.2) is 0 Å². The first-order valence-electron chi connectivity index (χ1n) is 12.9. The molecule has 0 N–H and O–H groups in total. The first kappa shape index (κ1) is 21.9. The standard InChI is InChI=1S/C28H46/c1-3-5-7-10-14-24-15-16-26-23-27(18-17-25(26)22-24)28(19-11-8-6-4-2)20-12-9-13-21-28/h17-18,23-24H,3-16,19-22H2,1-2H3. The zero-order chi connectivity index (χ0) is 19.7. The van der Waals surface area contributed by atoms with Gasteiger partial charge < -0.3 is 0 Å². The number of benzene rings is 1. The molecule has 0 heterocycles. The van der Waals surface area contributed by atoms with Crippen LogP contribution in [0.3, 0.4) is 0 Å². The second-order valence-corrected chi connectivity index (χ2v) is 10.1. The summed E-state index contributed by atoms with van der Waals surface area (Å²) in [4.78, 5) is 0. The number of hydrogen-bond donors (Lipinski definition) is 0. The first-order chi connectivity index (χ1) is 13.8. The maximum atomic E-state index is 2.67. The molecule has 0 amide bonds. The average molecular weight is 383 g/mol. The highest BCUT2D eigenvalue weighted by Crippen LogP contribution is 2.44. The van der Waals surface area contributed by atoms with Crippen LogP contribution in [0.2, 0.25) is 0 Å². The zero-order valence-corrected chi connectivity index (χ0v) is 19.0. The average Bonchev–Trinajstić information content (AvgIpc) is 2.74. The molecule has 0 aromatic heterocycles. The van der Waals surface area contributed by atoms with Crippen LogP contribution in [0.15, 0.2) is 18.2 Å². The van der Waals surface area contributed by atoms with Crippen molar-refractivity contribution in [2.45, 2.75) is 135 Å². The minimum Gasteiger partial charge on any atom is -0.0654 e. The van der Waals surface area contributed by atoms with Crippen molar-refractivity contribution in [3.63, 3.8) is 0 Å². The van der Waals surface area contributed by atoms with Crippen LogP contribution in [0.25, 0.3) is 0 Å². The maximum Gasteiger partial charge on any atom is -0.00469 e. The monoisotopic (exact) mass is 382 g/mol. The Morgan fingerprint density at radius 2 is 1.57 bits per heavy atom. The van der Waals surface area contributed by atoms with Crippen LogP contribution in [-0.2, 0) is 18.3 Å². The van der Waals surface area contributed by atoms with Crippen molar-refractivity contribution in [2.75, 3.05) is 0 Å². The van der Waals surface area contributed by atoms with Gasteiger partial charge in [0.1, 0.15) is 0 Å². The Hall–Kier alpha value is -0.780. The topological polar surface area (TPSA) is 0 Å². The maximum absolute atomic E-state index is 2.67. The normalized spacial score (nSPS) is 21.4. The third kappa shape index (κ3) is 5.87. The zero-order valence-electron chi connectivity index (χ0n) is 19.0. The van der Waals surface area contributed by atoms with Gasteiger partial charge in [0, 0.05) is 0 Å². The highest BCUT2D eigenvalue weighted by atomic mass is 14.4. The molecule has 1 atom stereocenters. The van der Waals surface area contributed by atoms with Crippen LogP contribution in [0.5, 0.6) is 0 Å². The fourth-order valence-electron chi connectivity index (χ4n) is 6.07. The van der Waals surface area contributed by atoms with Crippen LogP contribution in [-0.4, -0.2) is 0 Å². The van der Waals surface area contributed by atoms with Crippen molar-refractivity contribution in [1.82, 2.24) is 0 Å². The van der Waals surface area contributed by atoms with Gasteiger partial charge in [-0.1, -0.05) is 109 Å². The fourth-order valence-corrected chi connectivity index (χ4v) is 6.07. The molecular weight excluding hydrogens is 336 g/mol. The van der Waals surface area contributed by atoms with Crippen molar-refractivity contribution in [3.05, 3.63) is 34.9 Å². The molecule has 0 aliphatic heterocycles. The van der Waals surface area contributed by atoms with E-state index in [1.807, 2.05) is 0 Å². The number of hydrogen-bond acceptors (Lipinski definition) is 0. The fraction of sp³-hybridized carbons (Fsp3) is 0.786. The Labute approximate surface area is 175 Å². The molecule has 1 aromatic carbocycles. The number of rotatable bonds is 11. The van der Waals surface area contributed by atoms with Crippen LogP contribution in [0.4, 0.5) is 0 Å². The quantitative estimate of drug-likeness (QED) is 0.335. The number of fused-ring (bicyclic) bond motifs is 1. The smallest absolute Gasteiger partial charge is 0.00469 e. The lowest BCUT2D eigenvalue weighted by Crippen LogP contribution is -2.29. The molecule has 0 nitrogen and oxygen atoms in total. The molecule has 0 radical (unpaired) electrons. The second kappa shape index (κ2) is 11.4. The van der Waals surface area contributed by atoms with E-state index in [4.69, 9.17) is 0 Å². The summed E-state index contributed by atoms with van der Waals surface area (Å²) in [6.07, 6.45) is 25.6. The van der Waals surface area contributed by atoms with Crippen molar-refractivity contribution < 1.29 is 0 Å². The minimum atomic E-state index is 0.512. The third-order valence-electron chi connectivity index (χ3n) is 7.93. The summed E-state index contributed by atoms with van der Waals surface area (Å²) in [5.74, 6) is 0.952. The van der Waals surface area contributed by atoms with Gasteiger partial charge in [0.15, 0.2) is 0 Å². The van der Waals surface area contributed by atoms with Gasteiger partial charge >= 0.3 is 0 Å². The largest absolute Gasteiger partial charge is 0.0654 e. The molecule has 1 unspecified atom stereocenters. The molecule has 3 rings (SSSR count). The number of unbranched alkanes of at least 4 members (excludes halogenated alkanes) is 6. The van der Waals surface area contributed by atoms with E-state index < -0.39 is 0 Å². The molecule has 0 bridgehead atoms. The van der Waals surface area contributed by atoms with Crippen LogP contribution in [0.1, 0.15) is 133 Å². The van der Waals surface area contributed by atoms with Crippen molar-refractivity contribution in [3.8, 4) is 0 Å². The lowest BCUT2D eigenvalue weighted by atomic mass is 9.65. The van der Waals surface area contributed by atoms with E-state index in [1.165, 1.54) is 116 Å². The lowest BCUT2D eigenvalue weighted by Gasteiger charge is -2.39. The summed E-state index contributed by atoms with van der Waals surface area (Å²) in [5, 5.41) is 0. The van der Waals surface area contributed by atoms with E-state index in [1.54, 1.807) is 16.7 Å². The Morgan fingerprint density at radius 3 is 2.32 bits per heavy atom. The van der Waals surface area contributed by atoms with Gasteiger partial charge in [0.2, 0.25) is 0 Å². The van der Waals surface area contributed by atoms with E-state index in [2.05, 4.69) is 32.0 Å². The summed E-state index contributed by atoms with van der Waals surface area (Å²) < 4.78 is 0. The van der Waals surface area contributed by atoms with Crippen molar-refractivity contribution in [1.29, 1.82) is 0 Å². The Kier molecular flexibility index (Phi) is 8.94. The summed E-state index contributed by atoms with van der Waals surface area (Å²) >= 11 is 0. The van der Waals surface area contributed by atoms with Crippen molar-refractivity contribution >= 4 is 0 Å². The SMILES string of the molecule is CCCCCCC1CCc2cc(C3(CCCCCC)CCCCC3)ccc2C1. The van der Waals surface area contributed by atoms with Gasteiger partial charge in [-0.2, -0.15) is 0 Å². The molecule has 158 valence electrons. The van der Waals surface area contributed by atoms with Gasteiger partial charge in [0.25, 0.3) is 0 Å². The van der Waals surface area contributed by atoms with Gasteiger partial charge in [-0.05, 0) is 66.5 Å². The summed E-state index contributed by atoms with van der Waals surface area (Å²) in [6.45, 7) is 4.65. The van der Waals surface area contributed by atoms with Gasteiger partial charge in [-0.15, -0.1) is 0 Å². The summed E-state index contributed by atoms with van der Waals surface area (Å²) in [6, 6.07) is 7.78. The summed E-state index contributed by atoms with van der Waals surface area (Å²) in [7, 11) is 0. The van der Waals surface area contributed by atoms with Crippen LogP contribution >= 0.6 is 0 Å². The molecule has 0 heteroatoms. The molecule has 1 aromatic rings. The molecule has 1 fully saturated rings. The minimum absolute atomic E-state index is 0.512. The molecule has 2 aliphatic rings. The lowest BCUT2D eigenvalue weighted by molar-refractivity contribution is 0.265. The van der Waals surface area contributed by atoms with E-state index in [9.17, 15) is 0 Å². The Morgan fingerprint density at radius 1 is 0.821 bits per heavy atom. The van der Waals surface area contributed by atoms with E-state index >= 15 is 0 Å². The predicted molar refractivity (Wildman–Crippen MR) is 124 cm³/mol. The second-order valence-electron chi connectivity index (χ2n) is 10.1. The van der Waals surface area contributed by atoms with Crippen LogP contribution in [0, 0.1) is 5.92 Å². The molecule has 28 heavy (non-hydrogen) atoms. The van der Waals surface area contributed by atoms with E-state index in [0.717, 1.165) is 5.92 Å². The predicted octanol–water partition coefficient (Wildman–Crippen LogP) is 8.93. The Bertz CT molecular complexity index is 563. The first-order valence-corrected chi connectivity index (χ1v) is 12.9. The summed E-state index contributed by atoms with van der Waals surface area (Å²) in [5.41, 5.74) is 5.62. The molecular formula is C28H46. The third-order valence-corrected chi connectivity index (χ3v) is 7.93. The molecule has 1 saturated carbocycles. The van der Waals surface area contributed by atoms with E-state index in [-0.39, 0.29) is 0 Å². The van der Waals surface area contributed by atoms with Crippen LogP contribution < -0.4 is 0 Å². The Balaban J connectivity index is 1.64. The molecule has 0 spiro atoms. The highest BCUT2D eigenvalue weighted by molar-refractivity contribution is 5.38. The van der Waals surface area contributed by atoms with E-state index in [0.29, 0.717) is 5.41 Å². The molecule has 0 saturated heterocycles. The van der Waals surface area contributed by atoms with Crippen molar-refractivity contribution in [2.24, 2.45) is 5.92 Å². The molecule has 2 aliphatic carbocycles. The number of aryl methyl sites for hydroxylation is 1.